The lowest BCUT2D eigenvalue weighted by atomic mass is 10.1. The number of carbonyl (C=O) groups is 1. The Morgan fingerprint density at radius 3 is 2.71 bits per heavy atom. The molecule has 1 amide bonds. The molecule has 1 heterocycles. The highest BCUT2D eigenvalue weighted by atomic mass is 16.4. The van der Waals surface area contributed by atoms with Crippen LogP contribution in [0.2, 0.25) is 0 Å². The molecule has 0 aliphatic carbocycles. The Bertz CT molecular complexity index is 836. The van der Waals surface area contributed by atoms with Crippen molar-refractivity contribution in [3.63, 3.8) is 0 Å². The SMILES string of the molecule is NC(C(=O)Nc1ccc2oc(=O)[nH]c2c1)c1ccccc1. The van der Waals surface area contributed by atoms with E-state index in [-0.39, 0.29) is 5.91 Å². The summed E-state index contributed by atoms with van der Waals surface area (Å²) >= 11 is 0. The van der Waals surface area contributed by atoms with Gasteiger partial charge in [0.05, 0.1) is 5.52 Å². The predicted molar refractivity (Wildman–Crippen MR) is 78.8 cm³/mol. The van der Waals surface area contributed by atoms with E-state index in [1.807, 2.05) is 18.2 Å². The van der Waals surface area contributed by atoms with Gasteiger partial charge in [-0.15, -0.1) is 0 Å². The molecule has 0 saturated carbocycles. The maximum atomic E-state index is 12.1. The Balaban J connectivity index is 1.81. The summed E-state index contributed by atoms with van der Waals surface area (Å²) in [6.45, 7) is 0. The number of hydrogen-bond donors (Lipinski definition) is 3. The van der Waals surface area contributed by atoms with E-state index in [1.165, 1.54) is 0 Å². The van der Waals surface area contributed by atoms with E-state index in [2.05, 4.69) is 10.3 Å². The third-order valence-corrected chi connectivity index (χ3v) is 3.13. The molecular formula is C15H13N3O3. The maximum Gasteiger partial charge on any atom is 0.417 e. The summed E-state index contributed by atoms with van der Waals surface area (Å²) in [7, 11) is 0. The molecule has 0 radical (unpaired) electrons. The molecular weight excluding hydrogens is 270 g/mol. The van der Waals surface area contributed by atoms with Gasteiger partial charge < -0.3 is 15.5 Å². The number of benzene rings is 2. The minimum absolute atomic E-state index is 0.327. The Hall–Kier alpha value is -2.86. The molecule has 0 bridgehead atoms. The highest BCUT2D eigenvalue weighted by Crippen LogP contribution is 2.18. The lowest BCUT2D eigenvalue weighted by molar-refractivity contribution is -0.117. The van der Waals surface area contributed by atoms with Crippen LogP contribution in [0.1, 0.15) is 11.6 Å². The third kappa shape index (κ3) is 2.70. The van der Waals surface area contributed by atoms with Crippen molar-refractivity contribution >= 4 is 22.7 Å². The van der Waals surface area contributed by atoms with Gasteiger partial charge in [-0.3, -0.25) is 9.78 Å². The molecule has 1 atom stereocenters. The number of fused-ring (bicyclic) bond motifs is 1. The van der Waals surface area contributed by atoms with Gasteiger partial charge in [0.15, 0.2) is 5.58 Å². The quantitative estimate of drug-likeness (QED) is 0.681. The summed E-state index contributed by atoms with van der Waals surface area (Å²) in [5.74, 6) is -0.860. The summed E-state index contributed by atoms with van der Waals surface area (Å²) in [5.41, 5.74) is 8.14. The monoisotopic (exact) mass is 283 g/mol. The van der Waals surface area contributed by atoms with Crippen LogP contribution in [0.4, 0.5) is 5.69 Å². The molecule has 4 N–H and O–H groups in total. The first kappa shape index (κ1) is 13.1. The van der Waals surface area contributed by atoms with Crippen molar-refractivity contribution in [2.45, 2.75) is 6.04 Å². The number of rotatable bonds is 3. The molecule has 6 nitrogen and oxygen atoms in total. The van der Waals surface area contributed by atoms with E-state index in [0.717, 1.165) is 5.56 Å². The van der Waals surface area contributed by atoms with Crippen LogP contribution in [0.5, 0.6) is 0 Å². The number of aromatic nitrogens is 1. The number of nitrogens with one attached hydrogen (secondary N) is 2. The van der Waals surface area contributed by atoms with Gasteiger partial charge in [-0.05, 0) is 23.8 Å². The highest BCUT2D eigenvalue weighted by Gasteiger charge is 2.15. The van der Waals surface area contributed by atoms with E-state index >= 15 is 0 Å². The van der Waals surface area contributed by atoms with Crippen molar-refractivity contribution in [2.24, 2.45) is 5.73 Å². The van der Waals surface area contributed by atoms with E-state index in [9.17, 15) is 9.59 Å². The van der Waals surface area contributed by atoms with Crippen LogP contribution < -0.4 is 16.8 Å². The maximum absolute atomic E-state index is 12.1. The molecule has 2 aromatic carbocycles. The predicted octanol–water partition coefficient (Wildman–Crippen LogP) is 1.76. The fourth-order valence-corrected chi connectivity index (χ4v) is 2.06. The van der Waals surface area contributed by atoms with Crippen molar-refractivity contribution in [1.82, 2.24) is 4.98 Å². The largest absolute Gasteiger partial charge is 0.417 e. The van der Waals surface area contributed by atoms with Crippen LogP contribution in [0.15, 0.2) is 57.7 Å². The molecule has 0 aliphatic rings. The zero-order valence-electron chi connectivity index (χ0n) is 11.0. The fourth-order valence-electron chi connectivity index (χ4n) is 2.06. The molecule has 106 valence electrons. The first-order valence-corrected chi connectivity index (χ1v) is 6.38. The Morgan fingerprint density at radius 1 is 1.19 bits per heavy atom. The fraction of sp³-hybridized carbons (Fsp3) is 0.0667. The van der Waals surface area contributed by atoms with Crippen LogP contribution in [0.25, 0.3) is 11.1 Å². The van der Waals surface area contributed by atoms with E-state index < -0.39 is 11.8 Å². The lowest BCUT2D eigenvalue weighted by Gasteiger charge is -2.12. The number of amides is 1. The average Bonchev–Trinajstić information content (AvgIpc) is 2.86. The van der Waals surface area contributed by atoms with Gasteiger partial charge in [0.25, 0.3) is 0 Å². The minimum Gasteiger partial charge on any atom is -0.408 e. The molecule has 0 saturated heterocycles. The molecule has 6 heteroatoms. The number of hydrogen-bond acceptors (Lipinski definition) is 4. The van der Waals surface area contributed by atoms with Gasteiger partial charge in [-0.2, -0.15) is 0 Å². The summed E-state index contributed by atoms with van der Waals surface area (Å²) in [6.07, 6.45) is 0. The van der Waals surface area contributed by atoms with Crippen LogP contribution in [-0.4, -0.2) is 10.9 Å². The smallest absolute Gasteiger partial charge is 0.408 e. The van der Waals surface area contributed by atoms with Gasteiger partial charge in [-0.25, -0.2) is 4.79 Å². The zero-order valence-corrected chi connectivity index (χ0v) is 11.0. The zero-order chi connectivity index (χ0) is 14.8. The Labute approximate surface area is 119 Å². The second-order valence-electron chi connectivity index (χ2n) is 4.60. The first-order valence-electron chi connectivity index (χ1n) is 6.38. The number of H-pyrrole nitrogens is 1. The molecule has 3 aromatic rings. The van der Waals surface area contributed by atoms with Crippen LogP contribution >= 0.6 is 0 Å². The van der Waals surface area contributed by atoms with Crippen molar-refractivity contribution in [2.75, 3.05) is 5.32 Å². The first-order chi connectivity index (χ1) is 10.1. The van der Waals surface area contributed by atoms with Gasteiger partial charge in [-0.1, -0.05) is 30.3 Å². The summed E-state index contributed by atoms with van der Waals surface area (Å²) < 4.78 is 4.90. The normalized spacial score (nSPS) is 12.2. The van der Waals surface area contributed by atoms with E-state index in [1.54, 1.807) is 30.3 Å². The molecule has 0 spiro atoms. The summed E-state index contributed by atoms with van der Waals surface area (Å²) in [5, 5.41) is 2.71. The van der Waals surface area contributed by atoms with Crippen molar-refractivity contribution in [1.29, 1.82) is 0 Å². The second-order valence-corrected chi connectivity index (χ2v) is 4.60. The Kier molecular flexibility index (Phi) is 3.29. The van der Waals surface area contributed by atoms with Crippen molar-refractivity contribution in [3.8, 4) is 0 Å². The van der Waals surface area contributed by atoms with Gasteiger partial charge >= 0.3 is 5.76 Å². The standard InChI is InChI=1S/C15H13N3O3/c16-13(9-4-2-1-3-5-9)14(19)17-10-6-7-12-11(8-10)18-15(20)21-12/h1-8,13H,16H2,(H,17,19)(H,18,20). The molecule has 1 aromatic heterocycles. The van der Waals surface area contributed by atoms with Gasteiger partial charge in [0.1, 0.15) is 6.04 Å². The second kappa shape index (κ2) is 5.26. The van der Waals surface area contributed by atoms with E-state index in [4.69, 9.17) is 10.2 Å². The number of aromatic amines is 1. The molecule has 0 fully saturated rings. The Morgan fingerprint density at radius 2 is 1.95 bits per heavy atom. The van der Waals surface area contributed by atoms with Crippen molar-refractivity contribution in [3.05, 3.63) is 64.6 Å². The number of oxazole rings is 1. The average molecular weight is 283 g/mol. The number of carbonyl (C=O) groups excluding carboxylic acids is 1. The molecule has 0 aliphatic heterocycles. The van der Waals surface area contributed by atoms with Crippen LogP contribution in [0, 0.1) is 0 Å². The topological polar surface area (TPSA) is 101 Å². The summed E-state index contributed by atoms with van der Waals surface area (Å²) in [6, 6.07) is 13.2. The summed E-state index contributed by atoms with van der Waals surface area (Å²) in [4.78, 5) is 25.7. The van der Waals surface area contributed by atoms with Gasteiger partial charge in [0, 0.05) is 5.69 Å². The third-order valence-electron chi connectivity index (χ3n) is 3.13. The molecule has 21 heavy (non-hydrogen) atoms. The van der Waals surface area contributed by atoms with Crippen molar-refractivity contribution < 1.29 is 9.21 Å². The number of nitrogens with two attached hydrogens (primary N) is 1. The lowest BCUT2D eigenvalue weighted by Crippen LogP contribution is -2.27. The van der Waals surface area contributed by atoms with E-state index in [0.29, 0.717) is 16.8 Å². The molecule has 3 rings (SSSR count). The highest BCUT2D eigenvalue weighted by molar-refractivity contribution is 5.96. The number of anilines is 1. The minimum atomic E-state index is -0.759. The van der Waals surface area contributed by atoms with Crippen LogP contribution in [0.3, 0.4) is 0 Å². The van der Waals surface area contributed by atoms with Crippen LogP contribution in [-0.2, 0) is 4.79 Å². The molecule has 1 unspecified atom stereocenters. The van der Waals surface area contributed by atoms with Gasteiger partial charge in [0.2, 0.25) is 5.91 Å².